The molecule has 0 aromatic carbocycles. The molecule has 0 rings (SSSR count). The quantitative estimate of drug-likeness (QED) is 0.613. The van der Waals surface area contributed by atoms with Gasteiger partial charge in [0.25, 0.3) is 0 Å². The Morgan fingerprint density at radius 2 is 1.25 bits per heavy atom. The molecule has 2 N–H and O–H groups in total. The van der Waals surface area contributed by atoms with Crippen molar-refractivity contribution in [3.63, 3.8) is 0 Å². The smallest absolute Gasteiger partial charge is 0.0704 e. The van der Waals surface area contributed by atoms with Crippen molar-refractivity contribution in [3.05, 3.63) is 0 Å². The Bertz CT molecular complexity index is 151. The number of nitrogens with one attached hydrogen (secondary N) is 2. The zero-order valence-corrected chi connectivity index (χ0v) is 14.6. The van der Waals surface area contributed by atoms with Gasteiger partial charge in [-0.05, 0) is 27.9 Å². The van der Waals surface area contributed by atoms with Gasteiger partial charge in [0, 0.05) is 41.5 Å². The summed E-state index contributed by atoms with van der Waals surface area (Å²) in [6.45, 7) is 7.23. The van der Waals surface area contributed by atoms with Crippen molar-refractivity contribution < 1.29 is 18.9 Å². The van der Waals surface area contributed by atoms with E-state index in [4.69, 9.17) is 14.2 Å². The van der Waals surface area contributed by atoms with E-state index in [1.807, 2.05) is 27.9 Å². The first-order chi connectivity index (χ1) is 9.53. The Balaban J connectivity index is -0.000000251. The molecule has 0 saturated carbocycles. The number of hydrogen-bond acceptors (Lipinski definition) is 6. The number of hydrogen-bond donors (Lipinski definition) is 2. The van der Waals surface area contributed by atoms with Crippen molar-refractivity contribution in [1.29, 1.82) is 0 Å². The molecule has 0 aromatic heterocycles. The van der Waals surface area contributed by atoms with Crippen LogP contribution < -0.4 is 10.6 Å². The average Bonchev–Trinajstić information content (AvgIpc) is 2.41. The highest BCUT2D eigenvalue weighted by molar-refractivity contribution is 4.50. The summed E-state index contributed by atoms with van der Waals surface area (Å²) >= 11 is 0. The average molecular weight is 296 g/mol. The van der Waals surface area contributed by atoms with Crippen LogP contribution in [0.15, 0.2) is 0 Å². The number of methoxy groups -OCH3 is 3. The first-order valence-electron chi connectivity index (χ1n) is 6.86. The standard InChI is InChI=1S/C7H17NO2.C5H13NO.C2H6O/c1-7(6-8-2)10-5-4-9-3;1-5(7-3)4-6-2;1-3-2/h7-8H,4-6H2,1-3H3;5-6H,4H2,1-3H3;1-2H3. The second-order valence-corrected chi connectivity index (χ2v) is 4.24. The monoisotopic (exact) mass is 296 g/mol. The molecule has 0 bridgehead atoms. The summed E-state index contributed by atoms with van der Waals surface area (Å²) in [6, 6.07) is 0. The third kappa shape index (κ3) is 30.6. The molecule has 0 spiro atoms. The van der Waals surface area contributed by atoms with Gasteiger partial charge in [0.15, 0.2) is 0 Å². The fourth-order valence-electron chi connectivity index (χ4n) is 1.05. The summed E-state index contributed by atoms with van der Waals surface area (Å²) in [4.78, 5) is 0. The number of ether oxygens (including phenoxy) is 4. The topological polar surface area (TPSA) is 61.0 Å². The van der Waals surface area contributed by atoms with Gasteiger partial charge in [-0.2, -0.15) is 0 Å². The third-order valence-corrected chi connectivity index (χ3v) is 2.08. The SMILES string of the molecule is CNCC(C)OC.CNCC(C)OCCOC.COC. The molecule has 0 aliphatic carbocycles. The van der Waals surface area contributed by atoms with Gasteiger partial charge < -0.3 is 29.6 Å². The van der Waals surface area contributed by atoms with Gasteiger partial charge in [-0.3, -0.25) is 0 Å². The third-order valence-electron chi connectivity index (χ3n) is 2.08. The second kappa shape index (κ2) is 23.8. The summed E-state index contributed by atoms with van der Waals surface area (Å²) < 4.78 is 19.3. The van der Waals surface area contributed by atoms with Gasteiger partial charge in [0.2, 0.25) is 0 Å². The molecule has 0 aliphatic rings. The van der Waals surface area contributed by atoms with Crippen LogP contribution in [0.5, 0.6) is 0 Å². The summed E-state index contributed by atoms with van der Waals surface area (Å²) in [5.74, 6) is 0. The minimum absolute atomic E-state index is 0.278. The minimum atomic E-state index is 0.278. The fraction of sp³-hybridized carbons (Fsp3) is 1.00. The molecule has 2 atom stereocenters. The first kappa shape index (κ1) is 24.8. The van der Waals surface area contributed by atoms with Gasteiger partial charge in [-0.25, -0.2) is 0 Å². The number of rotatable bonds is 9. The van der Waals surface area contributed by atoms with Crippen LogP contribution >= 0.6 is 0 Å². The molecule has 20 heavy (non-hydrogen) atoms. The molecular weight excluding hydrogens is 260 g/mol. The maximum atomic E-state index is 5.34. The molecular formula is C14H36N2O4. The molecule has 0 aromatic rings. The van der Waals surface area contributed by atoms with E-state index in [0.717, 1.165) is 13.1 Å². The van der Waals surface area contributed by atoms with Crippen LogP contribution in [0.3, 0.4) is 0 Å². The highest BCUT2D eigenvalue weighted by Gasteiger charge is 1.97. The van der Waals surface area contributed by atoms with Crippen LogP contribution in [0, 0.1) is 0 Å². The van der Waals surface area contributed by atoms with E-state index in [1.54, 1.807) is 28.4 Å². The molecule has 0 fully saturated rings. The highest BCUT2D eigenvalue weighted by atomic mass is 16.5. The van der Waals surface area contributed by atoms with Crippen LogP contribution in [-0.2, 0) is 18.9 Å². The van der Waals surface area contributed by atoms with E-state index >= 15 is 0 Å². The lowest BCUT2D eigenvalue weighted by atomic mass is 10.4. The van der Waals surface area contributed by atoms with E-state index in [0.29, 0.717) is 19.3 Å². The lowest BCUT2D eigenvalue weighted by Crippen LogP contribution is -2.24. The first-order valence-corrected chi connectivity index (χ1v) is 6.86. The molecule has 0 aliphatic heterocycles. The van der Waals surface area contributed by atoms with Gasteiger partial charge in [0.1, 0.15) is 0 Å². The Labute approximate surface area is 125 Å². The van der Waals surface area contributed by atoms with Crippen molar-refractivity contribution in [2.24, 2.45) is 0 Å². The van der Waals surface area contributed by atoms with E-state index in [-0.39, 0.29) is 6.10 Å². The van der Waals surface area contributed by atoms with Crippen LogP contribution in [0.25, 0.3) is 0 Å². The lowest BCUT2D eigenvalue weighted by molar-refractivity contribution is 0.0276. The van der Waals surface area contributed by atoms with E-state index in [9.17, 15) is 0 Å². The predicted molar refractivity (Wildman–Crippen MR) is 84.5 cm³/mol. The van der Waals surface area contributed by atoms with Gasteiger partial charge in [-0.15, -0.1) is 0 Å². The molecule has 6 heteroatoms. The van der Waals surface area contributed by atoms with Gasteiger partial charge in [0.05, 0.1) is 25.4 Å². The van der Waals surface area contributed by atoms with Crippen LogP contribution in [-0.4, -0.2) is 81.0 Å². The van der Waals surface area contributed by atoms with Crippen molar-refractivity contribution in [1.82, 2.24) is 10.6 Å². The van der Waals surface area contributed by atoms with Gasteiger partial charge >= 0.3 is 0 Å². The Kier molecular flexibility index (Phi) is 29.5. The Hall–Kier alpha value is -0.240. The zero-order valence-electron chi connectivity index (χ0n) is 14.6. The summed E-state index contributed by atoms with van der Waals surface area (Å²) in [6.07, 6.45) is 0.616. The minimum Gasteiger partial charge on any atom is -0.388 e. The fourth-order valence-corrected chi connectivity index (χ4v) is 1.05. The van der Waals surface area contributed by atoms with Crippen molar-refractivity contribution in [3.8, 4) is 0 Å². The summed E-state index contributed by atoms with van der Waals surface area (Å²) in [5.41, 5.74) is 0. The molecule has 126 valence electrons. The molecule has 6 nitrogen and oxygen atoms in total. The molecule has 2 unspecified atom stereocenters. The highest BCUT2D eigenvalue weighted by Crippen LogP contribution is 1.86. The van der Waals surface area contributed by atoms with Crippen LogP contribution in [0.1, 0.15) is 13.8 Å². The molecule has 0 radical (unpaired) electrons. The second-order valence-electron chi connectivity index (χ2n) is 4.24. The maximum Gasteiger partial charge on any atom is 0.0704 e. The normalized spacial score (nSPS) is 12.6. The predicted octanol–water partition coefficient (Wildman–Crippen LogP) is 0.761. The van der Waals surface area contributed by atoms with Crippen molar-refractivity contribution >= 4 is 0 Å². The lowest BCUT2D eigenvalue weighted by Gasteiger charge is -2.11. The van der Waals surface area contributed by atoms with E-state index in [2.05, 4.69) is 15.4 Å². The summed E-state index contributed by atoms with van der Waals surface area (Å²) in [7, 11) is 10.5. The largest absolute Gasteiger partial charge is 0.388 e. The zero-order chi connectivity index (χ0) is 16.2. The van der Waals surface area contributed by atoms with Crippen molar-refractivity contribution in [2.75, 3.05) is 68.8 Å². The molecule has 0 amide bonds. The van der Waals surface area contributed by atoms with Crippen molar-refractivity contribution in [2.45, 2.75) is 26.1 Å². The van der Waals surface area contributed by atoms with Crippen LogP contribution in [0.4, 0.5) is 0 Å². The molecule has 0 heterocycles. The van der Waals surface area contributed by atoms with Gasteiger partial charge in [-0.1, -0.05) is 0 Å². The maximum absolute atomic E-state index is 5.34. The number of likely N-dealkylation sites (N-methyl/N-ethyl adjacent to an activating group) is 2. The molecule has 0 saturated heterocycles. The van der Waals surface area contributed by atoms with E-state index < -0.39 is 0 Å². The van der Waals surface area contributed by atoms with E-state index in [1.165, 1.54) is 0 Å². The Morgan fingerprint density at radius 1 is 0.800 bits per heavy atom. The summed E-state index contributed by atoms with van der Waals surface area (Å²) in [5, 5.41) is 6.02. The van der Waals surface area contributed by atoms with Crippen LogP contribution in [0.2, 0.25) is 0 Å². The Morgan fingerprint density at radius 3 is 1.55 bits per heavy atom.